The Morgan fingerprint density at radius 3 is 2.44 bits per heavy atom. The van der Waals surface area contributed by atoms with E-state index in [1.54, 1.807) is 12.1 Å². The summed E-state index contributed by atoms with van der Waals surface area (Å²) in [5.41, 5.74) is 1.22. The summed E-state index contributed by atoms with van der Waals surface area (Å²) in [6.07, 6.45) is 3.28. The number of aromatic hydroxyl groups is 1. The summed E-state index contributed by atoms with van der Waals surface area (Å²) in [6.45, 7) is 4.37. The molecule has 1 rings (SSSR count). The number of nitrogens with one attached hydrogen (secondary N) is 1. The minimum atomic E-state index is 0.326. The van der Waals surface area contributed by atoms with Gasteiger partial charge in [0.2, 0.25) is 0 Å². The molecule has 0 bridgehead atoms. The normalized spacial score (nSPS) is 14.7. The highest BCUT2D eigenvalue weighted by Gasteiger charge is 2.11. The van der Waals surface area contributed by atoms with Crippen molar-refractivity contribution in [1.82, 2.24) is 5.32 Å². The summed E-state index contributed by atoms with van der Waals surface area (Å²) < 4.78 is 0. The Balaban J connectivity index is 2.56. The number of benzene rings is 1. The predicted molar refractivity (Wildman–Crippen MR) is 72.1 cm³/mol. The van der Waals surface area contributed by atoms with Crippen LogP contribution in [0.4, 0.5) is 0 Å². The first-order chi connectivity index (χ1) is 7.67. The first kappa shape index (κ1) is 13.4. The minimum Gasteiger partial charge on any atom is -0.508 e. The molecule has 1 aromatic carbocycles. The van der Waals surface area contributed by atoms with E-state index in [2.05, 4.69) is 25.4 Å². The molecular weight excluding hydrogens is 218 g/mol. The second-order valence-electron chi connectivity index (χ2n) is 4.04. The van der Waals surface area contributed by atoms with Crippen LogP contribution in [0.1, 0.15) is 31.9 Å². The standard InChI is InChI=1S/C13H21NOS/c1-4-12(9-16-3)14-10(2)11-5-7-13(15)8-6-11/h5-8,10,12,14-15H,4,9H2,1-3H3. The number of phenols is 1. The molecule has 0 saturated heterocycles. The monoisotopic (exact) mass is 239 g/mol. The zero-order valence-corrected chi connectivity index (χ0v) is 11.1. The first-order valence-corrected chi connectivity index (χ1v) is 7.10. The van der Waals surface area contributed by atoms with Crippen LogP contribution in [0.25, 0.3) is 0 Å². The summed E-state index contributed by atoms with van der Waals surface area (Å²) in [6, 6.07) is 8.31. The van der Waals surface area contributed by atoms with E-state index in [4.69, 9.17) is 0 Å². The van der Waals surface area contributed by atoms with Gasteiger partial charge in [0, 0.05) is 17.8 Å². The zero-order chi connectivity index (χ0) is 12.0. The maximum Gasteiger partial charge on any atom is 0.115 e. The van der Waals surface area contributed by atoms with Crippen LogP contribution in [0.2, 0.25) is 0 Å². The van der Waals surface area contributed by atoms with E-state index >= 15 is 0 Å². The topological polar surface area (TPSA) is 32.3 Å². The Kier molecular flexibility index (Phi) is 5.71. The molecule has 0 aliphatic carbocycles. The zero-order valence-electron chi connectivity index (χ0n) is 10.2. The summed E-state index contributed by atoms with van der Waals surface area (Å²) in [5.74, 6) is 1.46. The summed E-state index contributed by atoms with van der Waals surface area (Å²) in [4.78, 5) is 0. The lowest BCUT2D eigenvalue weighted by molar-refractivity contribution is 0.467. The maximum atomic E-state index is 9.23. The quantitative estimate of drug-likeness (QED) is 0.799. The number of phenolic OH excluding ortho intramolecular Hbond substituents is 1. The van der Waals surface area contributed by atoms with Crippen molar-refractivity contribution in [1.29, 1.82) is 0 Å². The van der Waals surface area contributed by atoms with Crippen molar-refractivity contribution in [2.24, 2.45) is 0 Å². The van der Waals surface area contributed by atoms with Gasteiger partial charge in [0.15, 0.2) is 0 Å². The van der Waals surface area contributed by atoms with Crippen molar-refractivity contribution in [2.75, 3.05) is 12.0 Å². The van der Waals surface area contributed by atoms with E-state index in [0.29, 0.717) is 17.8 Å². The van der Waals surface area contributed by atoms with Gasteiger partial charge in [-0.3, -0.25) is 0 Å². The molecule has 0 fully saturated rings. The molecule has 0 radical (unpaired) electrons. The van der Waals surface area contributed by atoms with Crippen molar-refractivity contribution >= 4 is 11.8 Å². The Morgan fingerprint density at radius 2 is 1.94 bits per heavy atom. The number of thioether (sulfide) groups is 1. The van der Waals surface area contributed by atoms with Crippen LogP contribution in [0.3, 0.4) is 0 Å². The average molecular weight is 239 g/mol. The third-order valence-electron chi connectivity index (χ3n) is 2.74. The molecule has 1 aromatic rings. The molecule has 2 N–H and O–H groups in total. The Labute approximate surface area is 102 Å². The fraction of sp³-hybridized carbons (Fsp3) is 0.538. The van der Waals surface area contributed by atoms with Gasteiger partial charge in [0.25, 0.3) is 0 Å². The highest BCUT2D eigenvalue weighted by molar-refractivity contribution is 7.98. The van der Waals surface area contributed by atoms with Crippen LogP contribution >= 0.6 is 11.8 Å². The van der Waals surface area contributed by atoms with Gasteiger partial charge in [-0.2, -0.15) is 11.8 Å². The van der Waals surface area contributed by atoms with E-state index in [-0.39, 0.29) is 0 Å². The highest BCUT2D eigenvalue weighted by atomic mass is 32.2. The van der Waals surface area contributed by atoms with Crippen LogP contribution in [-0.4, -0.2) is 23.2 Å². The minimum absolute atomic E-state index is 0.326. The van der Waals surface area contributed by atoms with Gasteiger partial charge in [0.05, 0.1) is 0 Å². The Morgan fingerprint density at radius 1 is 1.31 bits per heavy atom. The first-order valence-electron chi connectivity index (χ1n) is 5.71. The number of rotatable bonds is 6. The van der Waals surface area contributed by atoms with E-state index in [1.807, 2.05) is 23.9 Å². The molecule has 2 atom stereocenters. The van der Waals surface area contributed by atoms with Crippen molar-refractivity contribution in [3.63, 3.8) is 0 Å². The second kappa shape index (κ2) is 6.81. The Hall–Kier alpha value is -0.670. The highest BCUT2D eigenvalue weighted by Crippen LogP contribution is 2.17. The molecule has 2 nitrogen and oxygen atoms in total. The SMILES string of the molecule is CCC(CSC)NC(C)c1ccc(O)cc1. The van der Waals surface area contributed by atoms with Crippen LogP contribution in [0.15, 0.2) is 24.3 Å². The van der Waals surface area contributed by atoms with Crippen LogP contribution in [-0.2, 0) is 0 Å². The van der Waals surface area contributed by atoms with Gasteiger partial charge >= 0.3 is 0 Å². The van der Waals surface area contributed by atoms with E-state index in [0.717, 1.165) is 12.2 Å². The fourth-order valence-corrected chi connectivity index (χ4v) is 2.43. The van der Waals surface area contributed by atoms with Crippen molar-refractivity contribution in [3.8, 4) is 5.75 Å². The average Bonchev–Trinajstić information content (AvgIpc) is 2.29. The molecule has 0 spiro atoms. The maximum absolute atomic E-state index is 9.23. The van der Waals surface area contributed by atoms with Crippen LogP contribution in [0, 0.1) is 0 Å². The van der Waals surface area contributed by atoms with Crippen molar-refractivity contribution in [3.05, 3.63) is 29.8 Å². The second-order valence-corrected chi connectivity index (χ2v) is 4.95. The Bertz CT molecular complexity index is 299. The number of hydrogen-bond donors (Lipinski definition) is 2. The van der Waals surface area contributed by atoms with Gasteiger partial charge in [-0.15, -0.1) is 0 Å². The molecular formula is C13H21NOS. The fourth-order valence-electron chi connectivity index (χ4n) is 1.70. The molecule has 0 saturated carbocycles. The summed E-state index contributed by atoms with van der Waals surface area (Å²) in [5, 5.41) is 12.8. The smallest absolute Gasteiger partial charge is 0.115 e. The van der Waals surface area contributed by atoms with Crippen molar-refractivity contribution in [2.45, 2.75) is 32.4 Å². The van der Waals surface area contributed by atoms with E-state index in [1.165, 1.54) is 5.56 Å². The molecule has 16 heavy (non-hydrogen) atoms. The van der Waals surface area contributed by atoms with Gasteiger partial charge in [-0.1, -0.05) is 19.1 Å². The molecule has 0 amide bonds. The van der Waals surface area contributed by atoms with Gasteiger partial charge in [-0.05, 0) is 37.3 Å². The van der Waals surface area contributed by atoms with E-state index < -0.39 is 0 Å². The molecule has 90 valence electrons. The lowest BCUT2D eigenvalue weighted by atomic mass is 10.1. The van der Waals surface area contributed by atoms with Gasteiger partial charge in [-0.25, -0.2) is 0 Å². The molecule has 0 aromatic heterocycles. The largest absolute Gasteiger partial charge is 0.508 e. The summed E-state index contributed by atoms with van der Waals surface area (Å²) >= 11 is 1.87. The summed E-state index contributed by atoms with van der Waals surface area (Å²) in [7, 11) is 0. The van der Waals surface area contributed by atoms with Gasteiger partial charge in [0.1, 0.15) is 5.75 Å². The van der Waals surface area contributed by atoms with Crippen LogP contribution in [0.5, 0.6) is 5.75 Å². The molecule has 0 aliphatic heterocycles. The van der Waals surface area contributed by atoms with Crippen LogP contribution < -0.4 is 5.32 Å². The predicted octanol–water partition coefficient (Wildman–Crippen LogP) is 3.18. The number of hydrogen-bond acceptors (Lipinski definition) is 3. The van der Waals surface area contributed by atoms with Gasteiger partial charge < -0.3 is 10.4 Å². The molecule has 2 unspecified atom stereocenters. The lowest BCUT2D eigenvalue weighted by Crippen LogP contribution is -2.32. The molecule has 0 heterocycles. The lowest BCUT2D eigenvalue weighted by Gasteiger charge is -2.22. The van der Waals surface area contributed by atoms with E-state index in [9.17, 15) is 5.11 Å². The molecule has 0 aliphatic rings. The molecule has 3 heteroatoms. The third-order valence-corrected chi connectivity index (χ3v) is 3.48. The third kappa shape index (κ3) is 4.06. The van der Waals surface area contributed by atoms with Crippen molar-refractivity contribution < 1.29 is 5.11 Å².